The summed E-state index contributed by atoms with van der Waals surface area (Å²) in [6, 6.07) is 6.55. The number of nitrogens with zero attached hydrogens (tertiary/aromatic N) is 1. The molecule has 0 unspecified atom stereocenters. The molecule has 0 spiro atoms. The molecule has 1 aromatic carbocycles. The SMILES string of the molecule is Brc1cccc2c1CN(CC1CC1)C2. The van der Waals surface area contributed by atoms with Crippen molar-refractivity contribution in [1.29, 1.82) is 0 Å². The van der Waals surface area contributed by atoms with Gasteiger partial charge in [-0.1, -0.05) is 28.1 Å². The van der Waals surface area contributed by atoms with Crippen molar-refractivity contribution in [2.45, 2.75) is 25.9 Å². The van der Waals surface area contributed by atoms with Crippen LogP contribution in [0, 0.1) is 5.92 Å². The number of fused-ring (bicyclic) bond motifs is 1. The minimum atomic E-state index is 1.00. The Kier molecular flexibility index (Phi) is 2.14. The Morgan fingerprint density at radius 3 is 2.86 bits per heavy atom. The molecule has 1 heterocycles. The summed E-state index contributed by atoms with van der Waals surface area (Å²) in [5.74, 6) is 1.00. The Morgan fingerprint density at radius 1 is 1.29 bits per heavy atom. The highest BCUT2D eigenvalue weighted by atomic mass is 79.9. The lowest BCUT2D eigenvalue weighted by molar-refractivity contribution is 0.272. The first-order valence-electron chi connectivity index (χ1n) is 5.31. The summed E-state index contributed by atoms with van der Waals surface area (Å²) < 4.78 is 1.29. The van der Waals surface area contributed by atoms with Crippen molar-refractivity contribution in [1.82, 2.24) is 4.90 Å². The van der Waals surface area contributed by atoms with Crippen molar-refractivity contribution in [3.8, 4) is 0 Å². The molecular formula is C12H14BrN. The van der Waals surface area contributed by atoms with Crippen molar-refractivity contribution in [2.75, 3.05) is 6.54 Å². The molecular weight excluding hydrogens is 238 g/mol. The fourth-order valence-electron chi connectivity index (χ4n) is 2.24. The maximum Gasteiger partial charge on any atom is 0.0251 e. The highest BCUT2D eigenvalue weighted by molar-refractivity contribution is 9.10. The van der Waals surface area contributed by atoms with Gasteiger partial charge in [-0.15, -0.1) is 0 Å². The van der Waals surface area contributed by atoms with E-state index in [2.05, 4.69) is 39.0 Å². The predicted molar refractivity (Wildman–Crippen MR) is 61.0 cm³/mol. The Morgan fingerprint density at radius 2 is 2.14 bits per heavy atom. The summed E-state index contributed by atoms with van der Waals surface area (Å²) in [6.45, 7) is 3.61. The average Bonchev–Trinajstić information content (AvgIpc) is 2.84. The van der Waals surface area contributed by atoms with Crippen LogP contribution in [0.1, 0.15) is 24.0 Å². The molecule has 0 bridgehead atoms. The van der Waals surface area contributed by atoms with Gasteiger partial charge in [0.2, 0.25) is 0 Å². The summed E-state index contributed by atoms with van der Waals surface area (Å²) in [5.41, 5.74) is 3.02. The van der Waals surface area contributed by atoms with E-state index in [4.69, 9.17) is 0 Å². The van der Waals surface area contributed by atoms with E-state index in [1.807, 2.05) is 0 Å². The molecule has 14 heavy (non-hydrogen) atoms. The van der Waals surface area contributed by atoms with Crippen LogP contribution in [0.15, 0.2) is 22.7 Å². The van der Waals surface area contributed by atoms with Gasteiger partial charge in [0.1, 0.15) is 0 Å². The average molecular weight is 252 g/mol. The van der Waals surface area contributed by atoms with Crippen molar-refractivity contribution in [3.63, 3.8) is 0 Å². The van der Waals surface area contributed by atoms with E-state index < -0.39 is 0 Å². The summed E-state index contributed by atoms with van der Waals surface area (Å²) in [4.78, 5) is 2.58. The molecule has 1 saturated carbocycles. The van der Waals surface area contributed by atoms with Gasteiger partial charge in [0.15, 0.2) is 0 Å². The molecule has 1 aliphatic heterocycles. The molecule has 74 valence electrons. The number of halogens is 1. The molecule has 1 aliphatic carbocycles. The van der Waals surface area contributed by atoms with Crippen LogP contribution in [0.2, 0.25) is 0 Å². The van der Waals surface area contributed by atoms with E-state index in [1.54, 1.807) is 0 Å². The van der Waals surface area contributed by atoms with Gasteiger partial charge >= 0.3 is 0 Å². The summed E-state index contributed by atoms with van der Waals surface area (Å²) >= 11 is 3.63. The highest BCUT2D eigenvalue weighted by Gasteiger charge is 2.28. The molecule has 0 atom stereocenters. The van der Waals surface area contributed by atoms with Gasteiger partial charge in [-0.25, -0.2) is 0 Å². The van der Waals surface area contributed by atoms with Crippen molar-refractivity contribution in [3.05, 3.63) is 33.8 Å². The Balaban J connectivity index is 1.78. The van der Waals surface area contributed by atoms with Crippen LogP contribution in [0.4, 0.5) is 0 Å². The highest BCUT2D eigenvalue weighted by Crippen LogP contribution is 2.34. The van der Waals surface area contributed by atoms with Crippen LogP contribution < -0.4 is 0 Å². The van der Waals surface area contributed by atoms with Gasteiger partial charge in [0.05, 0.1) is 0 Å². The molecule has 0 aromatic heterocycles. The first-order chi connectivity index (χ1) is 6.83. The van der Waals surface area contributed by atoms with Gasteiger partial charge in [0.25, 0.3) is 0 Å². The van der Waals surface area contributed by atoms with E-state index in [0.29, 0.717) is 0 Å². The van der Waals surface area contributed by atoms with Crippen LogP contribution >= 0.6 is 15.9 Å². The number of benzene rings is 1. The fourth-order valence-corrected chi connectivity index (χ4v) is 2.78. The first-order valence-corrected chi connectivity index (χ1v) is 6.11. The number of hydrogen-bond acceptors (Lipinski definition) is 1. The van der Waals surface area contributed by atoms with Gasteiger partial charge < -0.3 is 0 Å². The third kappa shape index (κ3) is 1.61. The lowest BCUT2D eigenvalue weighted by atomic mass is 10.1. The zero-order valence-electron chi connectivity index (χ0n) is 8.17. The van der Waals surface area contributed by atoms with E-state index in [0.717, 1.165) is 19.0 Å². The van der Waals surface area contributed by atoms with Crippen molar-refractivity contribution >= 4 is 15.9 Å². The number of hydrogen-bond donors (Lipinski definition) is 0. The largest absolute Gasteiger partial charge is 0.294 e. The van der Waals surface area contributed by atoms with Gasteiger partial charge in [-0.2, -0.15) is 0 Å². The maximum absolute atomic E-state index is 3.63. The molecule has 2 aliphatic rings. The summed E-state index contributed by atoms with van der Waals surface area (Å²) in [5, 5.41) is 0. The number of rotatable bonds is 2. The molecule has 1 aromatic rings. The third-order valence-corrected chi connectivity index (χ3v) is 3.95. The van der Waals surface area contributed by atoms with Crippen LogP contribution in [0.5, 0.6) is 0 Å². The van der Waals surface area contributed by atoms with E-state index in [9.17, 15) is 0 Å². The van der Waals surface area contributed by atoms with Gasteiger partial charge in [-0.05, 0) is 36.0 Å². The molecule has 0 amide bonds. The molecule has 3 rings (SSSR count). The minimum Gasteiger partial charge on any atom is -0.294 e. The molecule has 1 nitrogen and oxygen atoms in total. The van der Waals surface area contributed by atoms with Crippen LogP contribution in [0.25, 0.3) is 0 Å². The zero-order chi connectivity index (χ0) is 9.54. The third-order valence-electron chi connectivity index (χ3n) is 3.20. The van der Waals surface area contributed by atoms with Crippen molar-refractivity contribution in [2.24, 2.45) is 5.92 Å². The van der Waals surface area contributed by atoms with Crippen LogP contribution in [-0.2, 0) is 13.1 Å². The van der Waals surface area contributed by atoms with E-state index >= 15 is 0 Å². The lowest BCUT2D eigenvalue weighted by Gasteiger charge is -2.13. The smallest absolute Gasteiger partial charge is 0.0251 e. The zero-order valence-corrected chi connectivity index (χ0v) is 9.76. The first kappa shape index (κ1) is 8.93. The fraction of sp³-hybridized carbons (Fsp3) is 0.500. The normalized spacial score (nSPS) is 21.2. The van der Waals surface area contributed by atoms with Crippen LogP contribution in [-0.4, -0.2) is 11.4 Å². The molecule has 0 radical (unpaired) electrons. The standard InChI is InChI=1S/C12H14BrN/c13-12-3-1-2-10-7-14(8-11(10)12)6-9-4-5-9/h1-3,9H,4-8H2. The maximum atomic E-state index is 3.63. The predicted octanol–water partition coefficient (Wildman–Crippen LogP) is 3.17. The van der Waals surface area contributed by atoms with Crippen molar-refractivity contribution < 1.29 is 0 Å². The summed E-state index contributed by atoms with van der Waals surface area (Å²) in [6.07, 6.45) is 2.90. The minimum absolute atomic E-state index is 1.00. The molecule has 2 heteroatoms. The second kappa shape index (κ2) is 3.35. The topological polar surface area (TPSA) is 3.24 Å². The second-order valence-electron chi connectivity index (χ2n) is 4.49. The second-order valence-corrected chi connectivity index (χ2v) is 5.34. The van der Waals surface area contributed by atoms with Gasteiger partial charge in [0, 0.05) is 24.1 Å². The Bertz CT molecular complexity index is 357. The lowest BCUT2D eigenvalue weighted by Crippen LogP contribution is -2.18. The molecule has 1 fully saturated rings. The quantitative estimate of drug-likeness (QED) is 0.781. The van der Waals surface area contributed by atoms with Gasteiger partial charge in [-0.3, -0.25) is 4.90 Å². The summed E-state index contributed by atoms with van der Waals surface area (Å²) in [7, 11) is 0. The van der Waals surface area contributed by atoms with E-state index in [-0.39, 0.29) is 0 Å². The molecule has 0 saturated heterocycles. The molecule has 0 N–H and O–H groups in total. The Labute approximate surface area is 93.2 Å². The monoisotopic (exact) mass is 251 g/mol. The van der Waals surface area contributed by atoms with Crippen LogP contribution in [0.3, 0.4) is 0 Å². The van der Waals surface area contributed by atoms with E-state index in [1.165, 1.54) is 35.0 Å². The Hall–Kier alpha value is -0.340.